The molecule has 2 aromatic carbocycles. The first-order valence-corrected chi connectivity index (χ1v) is 8.81. The van der Waals surface area contributed by atoms with E-state index in [0.29, 0.717) is 25.1 Å². The topological polar surface area (TPSA) is 72.6 Å². The molecule has 1 amide bonds. The Bertz CT molecular complexity index is 860. The summed E-state index contributed by atoms with van der Waals surface area (Å²) in [5.74, 6) is -0.594. The molecule has 136 valence electrons. The summed E-state index contributed by atoms with van der Waals surface area (Å²) in [5, 5.41) is 0. The van der Waals surface area contributed by atoms with E-state index >= 15 is 0 Å². The highest BCUT2D eigenvalue weighted by molar-refractivity contribution is 5.99. The molecule has 0 radical (unpaired) electrons. The summed E-state index contributed by atoms with van der Waals surface area (Å²) in [4.78, 5) is 26.4. The van der Waals surface area contributed by atoms with Crippen molar-refractivity contribution in [1.29, 1.82) is 0 Å². The molecule has 0 unspecified atom stereocenters. The number of nitrogen functional groups attached to an aromatic ring is 1. The summed E-state index contributed by atoms with van der Waals surface area (Å²) in [7, 11) is 1.38. The maximum atomic E-state index is 12.8. The predicted molar refractivity (Wildman–Crippen MR) is 102 cm³/mol. The van der Waals surface area contributed by atoms with E-state index < -0.39 is 0 Å². The smallest absolute Gasteiger partial charge is 0.310 e. The van der Waals surface area contributed by atoms with Crippen LogP contribution in [0.3, 0.4) is 0 Å². The number of aryl methyl sites for hydroxylation is 1. The third-order valence-corrected chi connectivity index (χ3v) is 5.02. The van der Waals surface area contributed by atoms with E-state index in [1.165, 1.54) is 7.11 Å². The lowest BCUT2D eigenvalue weighted by atomic mass is 9.97. The van der Waals surface area contributed by atoms with E-state index in [4.69, 9.17) is 10.5 Å². The number of amides is 1. The van der Waals surface area contributed by atoms with Crippen LogP contribution < -0.4 is 5.73 Å². The molecule has 0 bridgehead atoms. The summed E-state index contributed by atoms with van der Waals surface area (Å²) in [6.45, 7) is 4.85. The molecular formula is C21H24N2O3. The lowest BCUT2D eigenvalue weighted by molar-refractivity contribution is -0.146. The van der Waals surface area contributed by atoms with Crippen LogP contribution in [0, 0.1) is 12.8 Å². The third kappa shape index (κ3) is 3.29. The summed E-state index contributed by atoms with van der Waals surface area (Å²) in [6, 6.07) is 11.7. The monoisotopic (exact) mass is 352 g/mol. The summed E-state index contributed by atoms with van der Waals surface area (Å²) in [6.07, 6.45) is 0.642. The van der Waals surface area contributed by atoms with Crippen LogP contribution in [0.25, 0.3) is 11.1 Å². The Balaban J connectivity index is 1.86. The molecule has 0 saturated heterocycles. The normalized spacial score (nSPS) is 14.3. The molecule has 26 heavy (non-hydrogen) atoms. The zero-order chi connectivity index (χ0) is 18.8. The molecule has 1 heterocycles. The summed E-state index contributed by atoms with van der Waals surface area (Å²) < 4.78 is 4.84. The van der Waals surface area contributed by atoms with Gasteiger partial charge in [0.25, 0.3) is 5.91 Å². The molecule has 1 atom stereocenters. The zero-order valence-corrected chi connectivity index (χ0v) is 15.4. The van der Waals surface area contributed by atoms with Crippen LogP contribution in [-0.4, -0.2) is 30.4 Å². The second-order valence-corrected chi connectivity index (χ2v) is 6.76. The first kappa shape index (κ1) is 18.0. The molecule has 1 aliphatic rings. The molecule has 2 N–H and O–H groups in total. The lowest BCUT2D eigenvalue weighted by Crippen LogP contribution is -2.33. The van der Waals surface area contributed by atoms with Gasteiger partial charge in [-0.1, -0.05) is 25.1 Å². The SMILES string of the molecule is CC[C@@H](CN1Cc2ccc(-c3ccc(N)cc3C)cc2C1=O)C(=O)OC. The number of nitrogens with zero attached hydrogens (tertiary/aromatic N) is 1. The van der Waals surface area contributed by atoms with Gasteiger partial charge in [0.15, 0.2) is 0 Å². The van der Waals surface area contributed by atoms with Crippen molar-refractivity contribution in [2.45, 2.75) is 26.8 Å². The van der Waals surface area contributed by atoms with Crippen LogP contribution in [0.4, 0.5) is 5.69 Å². The lowest BCUT2D eigenvalue weighted by Gasteiger charge is -2.20. The highest BCUT2D eigenvalue weighted by Crippen LogP contribution is 2.31. The third-order valence-electron chi connectivity index (χ3n) is 5.02. The summed E-state index contributed by atoms with van der Waals surface area (Å²) in [5.41, 5.74) is 11.4. The zero-order valence-electron chi connectivity index (χ0n) is 15.4. The van der Waals surface area contributed by atoms with Crippen LogP contribution in [0.15, 0.2) is 36.4 Å². The van der Waals surface area contributed by atoms with Gasteiger partial charge in [-0.25, -0.2) is 0 Å². The number of nitrogens with two attached hydrogens (primary N) is 1. The molecule has 0 spiro atoms. The molecule has 5 nitrogen and oxygen atoms in total. The molecule has 0 saturated carbocycles. The minimum Gasteiger partial charge on any atom is -0.469 e. The Labute approximate surface area is 153 Å². The van der Waals surface area contributed by atoms with Gasteiger partial charge in [-0.3, -0.25) is 9.59 Å². The molecule has 2 aromatic rings. The Kier molecular flexibility index (Phi) is 4.98. The van der Waals surface area contributed by atoms with Gasteiger partial charge in [0.05, 0.1) is 13.0 Å². The largest absolute Gasteiger partial charge is 0.469 e. The molecule has 5 heteroatoms. The number of ether oxygens (including phenoxy) is 1. The van der Waals surface area contributed by atoms with E-state index in [0.717, 1.165) is 27.9 Å². The highest BCUT2D eigenvalue weighted by Gasteiger charge is 2.31. The molecule has 1 aliphatic heterocycles. The second kappa shape index (κ2) is 7.20. The fourth-order valence-corrected chi connectivity index (χ4v) is 3.49. The number of carbonyl (C=O) groups excluding carboxylic acids is 2. The van der Waals surface area contributed by atoms with E-state index in [9.17, 15) is 9.59 Å². The Hall–Kier alpha value is -2.82. The van der Waals surface area contributed by atoms with Crippen molar-refractivity contribution < 1.29 is 14.3 Å². The highest BCUT2D eigenvalue weighted by atomic mass is 16.5. The number of rotatable bonds is 5. The van der Waals surface area contributed by atoms with Gasteiger partial charge in [-0.05, 0) is 53.8 Å². The number of hydrogen-bond donors (Lipinski definition) is 1. The second-order valence-electron chi connectivity index (χ2n) is 6.76. The predicted octanol–water partition coefficient (Wildman–Crippen LogP) is 3.40. The number of esters is 1. The van der Waals surface area contributed by atoms with Crippen molar-refractivity contribution in [3.8, 4) is 11.1 Å². The van der Waals surface area contributed by atoms with Gasteiger partial charge in [-0.2, -0.15) is 0 Å². The number of carbonyl (C=O) groups is 2. The van der Waals surface area contributed by atoms with Gasteiger partial charge in [0.2, 0.25) is 0 Å². The Morgan fingerprint density at radius 1 is 1.23 bits per heavy atom. The maximum Gasteiger partial charge on any atom is 0.310 e. The first-order chi connectivity index (χ1) is 12.4. The molecule has 0 aromatic heterocycles. The van der Waals surface area contributed by atoms with Gasteiger partial charge in [0.1, 0.15) is 0 Å². The van der Waals surface area contributed by atoms with Crippen LogP contribution in [0.5, 0.6) is 0 Å². The number of benzene rings is 2. The van der Waals surface area contributed by atoms with Crippen LogP contribution in [0.2, 0.25) is 0 Å². The number of fused-ring (bicyclic) bond motifs is 1. The van der Waals surface area contributed by atoms with Crippen molar-refractivity contribution in [2.75, 3.05) is 19.4 Å². The molecule has 0 aliphatic carbocycles. The van der Waals surface area contributed by atoms with Crippen LogP contribution in [-0.2, 0) is 16.1 Å². The fraction of sp³-hybridized carbons (Fsp3) is 0.333. The van der Waals surface area contributed by atoms with Crippen molar-refractivity contribution in [3.63, 3.8) is 0 Å². The minimum absolute atomic E-state index is 0.0303. The van der Waals surface area contributed by atoms with Crippen LogP contribution >= 0.6 is 0 Å². The van der Waals surface area contributed by atoms with Gasteiger partial charge >= 0.3 is 5.97 Å². The molecule has 3 rings (SSSR count). The van der Waals surface area contributed by atoms with E-state index in [1.807, 2.05) is 50.2 Å². The fourth-order valence-electron chi connectivity index (χ4n) is 3.49. The number of hydrogen-bond acceptors (Lipinski definition) is 4. The van der Waals surface area contributed by atoms with Crippen molar-refractivity contribution >= 4 is 17.6 Å². The van der Waals surface area contributed by atoms with Crippen molar-refractivity contribution in [2.24, 2.45) is 5.92 Å². The maximum absolute atomic E-state index is 12.8. The Morgan fingerprint density at radius 2 is 2.00 bits per heavy atom. The number of anilines is 1. The number of methoxy groups -OCH3 is 1. The van der Waals surface area contributed by atoms with Crippen molar-refractivity contribution in [1.82, 2.24) is 4.90 Å². The summed E-state index contributed by atoms with van der Waals surface area (Å²) >= 11 is 0. The van der Waals surface area contributed by atoms with Crippen LogP contribution in [0.1, 0.15) is 34.8 Å². The molecule has 0 fully saturated rings. The van der Waals surface area contributed by atoms with E-state index in [1.54, 1.807) is 4.90 Å². The average molecular weight is 352 g/mol. The standard InChI is InChI=1S/C21H24N2O3/c1-4-14(21(25)26-3)11-23-12-16-6-5-15(10-19(16)20(23)24)18-8-7-17(22)9-13(18)2/h5-10,14H,4,11-12,22H2,1-3H3/t14-/m0/s1. The molecular weight excluding hydrogens is 328 g/mol. The van der Waals surface area contributed by atoms with Crippen molar-refractivity contribution in [3.05, 3.63) is 53.1 Å². The van der Waals surface area contributed by atoms with Gasteiger partial charge in [-0.15, -0.1) is 0 Å². The van der Waals surface area contributed by atoms with E-state index in [-0.39, 0.29) is 17.8 Å². The van der Waals surface area contributed by atoms with Gasteiger partial charge < -0.3 is 15.4 Å². The van der Waals surface area contributed by atoms with Gasteiger partial charge in [0, 0.05) is 24.3 Å². The first-order valence-electron chi connectivity index (χ1n) is 8.81. The minimum atomic E-state index is -0.294. The van der Waals surface area contributed by atoms with E-state index in [2.05, 4.69) is 0 Å². The average Bonchev–Trinajstić information content (AvgIpc) is 2.94. The Morgan fingerprint density at radius 3 is 2.65 bits per heavy atom. The quantitative estimate of drug-likeness (QED) is 0.661.